The number of nitrogens with zero attached hydrogens (tertiary/aromatic N) is 2. The van der Waals surface area contributed by atoms with E-state index in [0.29, 0.717) is 29.5 Å². The number of hydrogen-bond donors (Lipinski definition) is 1. The average molecular weight is 413 g/mol. The van der Waals surface area contributed by atoms with Crippen LogP contribution in [0.3, 0.4) is 0 Å². The summed E-state index contributed by atoms with van der Waals surface area (Å²) in [4.78, 5) is 12.5. The van der Waals surface area contributed by atoms with E-state index in [1.54, 1.807) is 19.4 Å². The number of methoxy groups -OCH3 is 1. The highest BCUT2D eigenvalue weighted by Gasteiger charge is 2.33. The van der Waals surface area contributed by atoms with Crippen molar-refractivity contribution in [3.05, 3.63) is 65.4 Å². The number of halogens is 2. The van der Waals surface area contributed by atoms with Crippen molar-refractivity contribution in [2.45, 2.75) is 25.7 Å². The van der Waals surface area contributed by atoms with Gasteiger partial charge < -0.3 is 14.8 Å². The third-order valence-corrected chi connectivity index (χ3v) is 5.01. The van der Waals surface area contributed by atoms with Gasteiger partial charge in [0.1, 0.15) is 17.3 Å². The Hall–Kier alpha value is -3.42. The minimum atomic E-state index is -0.773. The smallest absolute Gasteiger partial charge is 0.226 e. The molecule has 1 unspecified atom stereocenters. The van der Waals surface area contributed by atoms with Crippen LogP contribution in [-0.2, 0) is 4.79 Å². The van der Waals surface area contributed by atoms with Crippen molar-refractivity contribution in [3.8, 4) is 17.2 Å². The number of amides is 1. The molecule has 0 aliphatic carbocycles. The van der Waals surface area contributed by atoms with Gasteiger partial charge in [-0.25, -0.2) is 13.5 Å². The predicted molar refractivity (Wildman–Crippen MR) is 107 cm³/mol. The number of carbonyl (C=O) groups is 1. The fourth-order valence-corrected chi connectivity index (χ4v) is 3.66. The first-order valence-corrected chi connectivity index (χ1v) is 9.66. The molecule has 2 heterocycles. The summed E-state index contributed by atoms with van der Waals surface area (Å²) in [5.41, 5.74) is 1.55. The van der Waals surface area contributed by atoms with Crippen molar-refractivity contribution in [2.24, 2.45) is 0 Å². The number of aromatic nitrogens is 2. The topological polar surface area (TPSA) is 65.4 Å². The number of rotatable bonds is 6. The molecule has 1 aliphatic rings. The maximum Gasteiger partial charge on any atom is 0.226 e. The second kappa shape index (κ2) is 8.14. The van der Waals surface area contributed by atoms with E-state index in [-0.39, 0.29) is 23.9 Å². The van der Waals surface area contributed by atoms with E-state index in [0.717, 1.165) is 24.1 Å². The second-order valence-electron chi connectivity index (χ2n) is 6.99. The first kappa shape index (κ1) is 19.9. The van der Waals surface area contributed by atoms with Gasteiger partial charge in [-0.3, -0.25) is 4.79 Å². The largest absolute Gasteiger partial charge is 0.493 e. The molecule has 1 N–H and O–H groups in total. The Morgan fingerprint density at radius 3 is 2.80 bits per heavy atom. The third-order valence-electron chi connectivity index (χ3n) is 5.01. The fraction of sp³-hybridized carbons (Fsp3) is 0.273. The number of nitrogens with one attached hydrogen (secondary N) is 1. The molecule has 8 heteroatoms. The van der Waals surface area contributed by atoms with E-state index in [9.17, 15) is 13.6 Å². The van der Waals surface area contributed by atoms with Crippen LogP contribution in [0, 0.1) is 11.6 Å². The lowest BCUT2D eigenvalue weighted by Crippen LogP contribution is -2.25. The van der Waals surface area contributed by atoms with Gasteiger partial charge in [0, 0.05) is 29.5 Å². The molecule has 4 rings (SSSR count). The zero-order valence-corrected chi connectivity index (χ0v) is 16.6. The highest BCUT2D eigenvalue weighted by atomic mass is 19.1. The Labute approximate surface area is 172 Å². The van der Waals surface area contributed by atoms with E-state index in [4.69, 9.17) is 9.47 Å². The van der Waals surface area contributed by atoms with E-state index in [1.807, 2.05) is 19.1 Å². The Morgan fingerprint density at radius 1 is 1.23 bits per heavy atom. The molecule has 1 aliphatic heterocycles. The van der Waals surface area contributed by atoms with Crippen LogP contribution >= 0.6 is 0 Å². The number of benzene rings is 2. The fourth-order valence-electron chi connectivity index (χ4n) is 3.66. The quantitative estimate of drug-likeness (QED) is 0.650. The van der Waals surface area contributed by atoms with Crippen LogP contribution < -0.4 is 14.8 Å². The third kappa shape index (κ3) is 3.49. The second-order valence-corrected chi connectivity index (χ2v) is 6.99. The number of para-hydroxylation sites is 1. The van der Waals surface area contributed by atoms with Crippen LogP contribution in [0.2, 0.25) is 0 Å². The van der Waals surface area contributed by atoms with Gasteiger partial charge in [-0.2, -0.15) is 5.10 Å². The van der Waals surface area contributed by atoms with E-state index >= 15 is 0 Å². The zero-order chi connectivity index (χ0) is 21.3. The van der Waals surface area contributed by atoms with Crippen LogP contribution in [0.5, 0.6) is 11.5 Å². The molecule has 1 atom stereocenters. The molecule has 0 fully saturated rings. The summed E-state index contributed by atoms with van der Waals surface area (Å²) >= 11 is 0. The molecule has 3 aromatic rings. The summed E-state index contributed by atoms with van der Waals surface area (Å²) in [6.45, 7) is 2.50. The Morgan fingerprint density at radius 2 is 2.07 bits per heavy atom. The van der Waals surface area contributed by atoms with Gasteiger partial charge in [0.05, 0.1) is 19.9 Å². The molecule has 1 aromatic heterocycles. The molecule has 0 radical (unpaired) electrons. The lowest BCUT2D eigenvalue weighted by atomic mass is 9.86. The number of ether oxygens (including phenoxy) is 2. The van der Waals surface area contributed by atoms with Gasteiger partial charge >= 0.3 is 0 Å². The molecule has 0 bridgehead atoms. The summed E-state index contributed by atoms with van der Waals surface area (Å²) in [6.07, 6.45) is 2.58. The van der Waals surface area contributed by atoms with Crippen molar-refractivity contribution >= 4 is 11.7 Å². The van der Waals surface area contributed by atoms with Crippen LogP contribution in [0.15, 0.2) is 42.6 Å². The first-order chi connectivity index (χ1) is 14.5. The molecule has 0 saturated carbocycles. The Balaban J connectivity index is 1.83. The van der Waals surface area contributed by atoms with Gasteiger partial charge in [0.25, 0.3) is 0 Å². The molecule has 2 aromatic carbocycles. The summed E-state index contributed by atoms with van der Waals surface area (Å²) in [5.74, 6) is -0.544. The monoisotopic (exact) mass is 413 g/mol. The minimum Gasteiger partial charge on any atom is -0.493 e. The number of anilines is 1. The molecule has 0 spiro atoms. The first-order valence-electron chi connectivity index (χ1n) is 9.66. The number of carbonyl (C=O) groups excluding carboxylic acids is 1. The Kier molecular flexibility index (Phi) is 5.39. The van der Waals surface area contributed by atoms with Gasteiger partial charge in [-0.1, -0.05) is 19.1 Å². The molecule has 0 saturated heterocycles. The van der Waals surface area contributed by atoms with Gasteiger partial charge in [0.2, 0.25) is 5.91 Å². The van der Waals surface area contributed by atoms with Crippen LogP contribution in [0.4, 0.5) is 14.6 Å². The molecule has 1 amide bonds. The van der Waals surface area contributed by atoms with Crippen LogP contribution in [0.25, 0.3) is 5.69 Å². The minimum absolute atomic E-state index is 0.0479. The summed E-state index contributed by atoms with van der Waals surface area (Å²) in [7, 11) is 1.56. The van der Waals surface area contributed by atoms with Gasteiger partial charge in [0.15, 0.2) is 17.3 Å². The maximum atomic E-state index is 14.4. The number of fused-ring (bicyclic) bond motifs is 1. The van der Waals surface area contributed by atoms with Crippen molar-refractivity contribution in [3.63, 3.8) is 0 Å². The zero-order valence-electron chi connectivity index (χ0n) is 16.6. The maximum absolute atomic E-state index is 14.4. The molecule has 30 heavy (non-hydrogen) atoms. The normalized spacial score (nSPS) is 15.5. The van der Waals surface area contributed by atoms with Crippen LogP contribution in [-0.4, -0.2) is 29.4 Å². The number of hydrogen-bond acceptors (Lipinski definition) is 4. The lowest BCUT2D eigenvalue weighted by molar-refractivity contribution is -0.116. The summed E-state index contributed by atoms with van der Waals surface area (Å²) in [6, 6.07) is 8.74. The Bertz CT molecular complexity index is 1100. The van der Waals surface area contributed by atoms with E-state index in [1.165, 1.54) is 10.7 Å². The van der Waals surface area contributed by atoms with Gasteiger partial charge in [-0.15, -0.1) is 0 Å². The van der Waals surface area contributed by atoms with E-state index < -0.39 is 11.6 Å². The predicted octanol–water partition coefficient (Wildman–Crippen LogP) is 4.42. The van der Waals surface area contributed by atoms with E-state index in [2.05, 4.69) is 10.4 Å². The van der Waals surface area contributed by atoms with Crippen molar-refractivity contribution < 1.29 is 23.0 Å². The lowest BCUT2D eigenvalue weighted by Gasteiger charge is -2.26. The van der Waals surface area contributed by atoms with Crippen molar-refractivity contribution in [1.29, 1.82) is 0 Å². The highest BCUT2D eigenvalue weighted by molar-refractivity contribution is 5.95. The standard InChI is InChI=1S/C22H21F2N3O3/c1-3-9-30-21-14(5-4-6-19(21)29-2)15-11-20(28)26-22-16(15)12-25-27(22)18-8-7-13(23)10-17(18)24/h4-8,10,12,15H,3,9,11H2,1-2H3,(H,26,28). The molecular weight excluding hydrogens is 392 g/mol. The molecule has 156 valence electrons. The van der Waals surface area contributed by atoms with Crippen LogP contribution in [0.1, 0.15) is 36.8 Å². The van der Waals surface area contributed by atoms with Crippen molar-refractivity contribution in [2.75, 3.05) is 19.0 Å². The SMILES string of the molecule is CCCOc1c(OC)cccc1C1CC(=O)Nc2c1cnn2-c1ccc(F)cc1F. The van der Waals surface area contributed by atoms with Gasteiger partial charge in [-0.05, 0) is 24.6 Å². The average Bonchev–Trinajstić information content (AvgIpc) is 3.15. The molecule has 6 nitrogen and oxygen atoms in total. The molecular formula is C22H21F2N3O3. The van der Waals surface area contributed by atoms with Crippen molar-refractivity contribution in [1.82, 2.24) is 9.78 Å². The summed E-state index contributed by atoms with van der Waals surface area (Å²) in [5, 5.41) is 7.04. The highest BCUT2D eigenvalue weighted by Crippen LogP contribution is 2.44. The summed E-state index contributed by atoms with van der Waals surface area (Å²) < 4.78 is 40.4.